The zero-order valence-corrected chi connectivity index (χ0v) is 34.8. The van der Waals surface area contributed by atoms with Crippen molar-refractivity contribution in [3.8, 4) is 33.6 Å². The van der Waals surface area contributed by atoms with Crippen LogP contribution in [-0.4, -0.2) is 119 Å². The maximum atomic E-state index is 14.0. The number of amides is 4. The largest absolute Gasteiger partial charge is 0.453 e. The minimum atomic E-state index is -0.893. The quantitative estimate of drug-likeness (QED) is 0.129. The third kappa shape index (κ3) is 7.62. The predicted molar refractivity (Wildman–Crippen MR) is 220 cm³/mol. The number of nitrogens with one attached hydrogen (secondary N) is 4. The van der Waals surface area contributed by atoms with E-state index in [0.29, 0.717) is 0 Å². The number of piperidine rings is 2. The molecule has 10 atom stereocenters. The molecule has 2 saturated carbocycles. The van der Waals surface area contributed by atoms with Gasteiger partial charge in [-0.2, -0.15) is 0 Å². The molecule has 318 valence electrons. The van der Waals surface area contributed by atoms with E-state index in [4.69, 9.17) is 28.9 Å². The molecule has 2 aliphatic heterocycles. The second kappa shape index (κ2) is 17.1. The first-order valence-corrected chi connectivity index (χ1v) is 20.7. The van der Waals surface area contributed by atoms with Crippen LogP contribution in [0, 0.1) is 11.8 Å². The van der Waals surface area contributed by atoms with Gasteiger partial charge in [0, 0.05) is 26.3 Å². The smallest absolute Gasteiger partial charge is 0.407 e. The Morgan fingerprint density at radius 2 is 0.967 bits per heavy atom. The average Bonchev–Trinajstić information content (AvgIpc) is 4.16. The highest BCUT2D eigenvalue weighted by molar-refractivity contribution is 5.88. The number of ether oxygens (including phenoxy) is 4. The van der Waals surface area contributed by atoms with Crippen molar-refractivity contribution in [1.29, 1.82) is 0 Å². The molecule has 4 heterocycles. The van der Waals surface area contributed by atoms with E-state index in [-0.39, 0.29) is 47.8 Å². The molecule has 4 bridgehead atoms. The molecule has 60 heavy (non-hydrogen) atoms. The molecule has 2 aliphatic carbocycles. The van der Waals surface area contributed by atoms with Gasteiger partial charge in [0.15, 0.2) is 0 Å². The molecule has 16 nitrogen and oxygen atoms in total. The van der Waals surface area contributed by atoms with Crippen LogP contribution in [0.15, 0.2) is 60.9 Å². The van der Waals surface area contributed by atoms with E-state index in [2.05, 4.69) is 69.1 Å². The van der Waals surface area contributed by atoms with Gasteiger partial charge in [-0.15, -0.1) is 0 Å². The molecule has 2 aromatic carbocycles. The maximum Gasteiger partial charge on any atom is 0.407 e. The summed E-state index contributed by atoms with van der Waals surface area (Å²) in [4.78, 5) is 72.8. The molecular weight excluding hydrogens is 769 g/mol. The van der Waals surface area contributed by atoms with E-state index in [9.17, 15) is 19.2 Å². The number of carbonyl (C=O) groups is 4. The Morgan fingerprint density at radius 1 is 0.600 bits per heavy atom. The molecule has 4 fully saturated rings. The third-order valence-corrected chi connectivity index (χ3v) is 13.3. The summed E-state index contributed by atoms with van der Waals surface area (Å²) in [6.45, 7) is 3.52. The fourth-order valence-corrected chi connectivity index (χ4v) is 9.99. The summed E-state index contributed by atoms with van der Waals surface area (Å²) in [7, 11) is 5.58. The molecule has 2 aromatic heterocycles. The molecule has 2 saturated heterocycles. The number of rotatable bonds is 13. The number of methoxy groups -OCH3 is 4. The Balaban J connectivity index is 0.953. The van der Waals surface area contributed by atoms with E-state index >= 15 is 0 Å². The van der Waals surface area contributed by atoms with Crippen molar-refractivity contribution in [1.82, 2.24) is 40.4 Å². The van der Waals surface area contributed by atoms with E-state index in [1.165, 1.54) is 28.4 Å². The standard InChI is InChI=1S/C44H54N8O8/c1-23(57-3)35(49-43(55)59-5)41(53)51-31-17-15-29(19-31)37(51)39-45-21-33(47-39)27-11-7-25(8-12-27)26-9-13-28(14-10-26)34-22-46-40(48-34)38-30-16-18-32(20-30)52(38)42(54)36(24(2)58-4)50-44(56)60-6/h7-14,21-24,29-32,35-38H,15-20H2,1-6H3,(H,45,47)(H,46,48)(H,49,55)(H,50,56). The Morgan fingerprint density at radius 3 is 1.32 bits per heavy atom. The average molecular weight is 823 g/mol. The van der Waals surface area contributed by atoms with Crippen molar-refractivity contribution in [2.75, 3.05) is 28.4 Å². The lowest BCUT2D eigenvalue weighted by molar-refractivity contribution is -0.142. The number of aromatic amines is 2. The zero-order valence-electron chi connectivity index (χ0n) is 34.8. The topological polar surface area (TPSA) is 193 Å². The number of nitrogens with zero attached hydrogens (tertiary/aromatic N) is 4. The summed E-state index contributed by atoms with van der Waals surface area (Å²) in [5, 5.41) is 5.36. The number of alkyl carbamates (subject to hydrolysis) is 2. The molecule has 10 unspecified atom stereocenters. The minimum absolute atomic E-state index is 0.0676. The highest BCUT2D eigenvalue weighted by atomic mass is 16.5. The number of hydrogen-bond acceptors (Lipinski definition) is 10. The Bertz CT molecular complexity index is 2040. The summed E-state index contributed by atoms with van der Waals surface area (Å²) in [6, 6.07) is 14.4. The fraction of sp³-hybridized carbons (Fsp3) is 0.500. The first kappa shape index (κ1) is 41.0. The van der Waals surface area contributed by atoms with Crippen molar-refractivity contribution in [2.45, 2.75) is 101 Å². The first-order chi connectivity index (χ1) is 29.0. The van der Waals surface area contributed by atoms with Crippen LogP contribution in [0.4, 0.5) is 9.59 Å². The lowest BCUT2D eigenvalue weighted by Gasteiger charge is -2.37. The summed E-state index contributed by atoms with van der Waals surface area (Å²) in [5.41, 5.74) is 5.74. The fourth-order valence-electron chi connectivity index (χ4n) is 9.99. The van der Waals surface area contributed by atoms with Gasteiger partial charge in [-0.3, -0.25) is 9.59 Å². The van der Waals surface area contributed by atoms with Crippen LogP contribution in [0.3, 0.4) is 0 Å². The van der Waals surface area contributed by atoms with Crippen LogP contribution in [0.25, 0.3) is 33.6 Å². The number of H-pyrrole nitrogens is 2. The van der Waals surface area contributed by atoms with E-state index in [1.54, 1.807) is 13.8 Å². The summed E-state index contributed by atoms with van der Waals surface area (Å²) in [5.74, 6) is 1.59. The molecule has 0 spiro atoms. The van der Waals surface area contributed by atoms with Crippen LogP contribution in [0.2, 0.25) is 0 Å². The molecule has 4 amide bonds. The number of benzene rings is 2. The molecule has 4 aromatic rings. The molecule has 4 aliphatic rings. The van der Waals surface area contributed by atoms with Crippen LogP contribution in [-0.2, 0) is 28.5 Å². The van der Waals surface area contributed by atoms with Crippen molar-refractivity contribution in [2.24, 2.45) is 11.8 Å². The van der Waals surface area contributed by atoms with Crippen molar-refractivity contribution >= 4 is 24.0 Å². The minimum Gasteiger partial charge on any atom is -0.453 e. The van der Waals surface area contributed by atoms with E-state index < -0.39 is 36.5 Å². The maximum absolute atomic E-state index is 14.0. The lowest BCUT2D eigenvalue weighted by atomic mass is 9.96. The van der Waals surface area contributed by atoms with Gasteiger partial charge in [0.25, 0.3) is 0 Å². The number of fused-ring (bicyclic) bond motifs is 4. The van der Waals surface area contributed by atoms with Crippen molar-refractivity contribution in [3.63, 3.8) is 0 Å². The van der Waals surface area contributed by atoms with E-state index in [1.807, 2.05) is 22.2 Å². The second-order valence-corrected chi connectivity index (χ2v) is 16.5. The lowest BCUT2D eigenvalue weighted by Crippen LogP contribution is -2.56. The molecule has 16 heteroatoms. The Hall–Kier alpha value is -5.74. The molecule has 0 radical (unpaired) electrons. The highest BCUT2D eigenvalue weighted by Gasteiger charge is 2.53. The van der Waals surface area contributed by atoms with Gasteiger partial charge in [0.2, 0.25) is 11.8 Å². The van der Waals surface area contributed by atoms with Crippen LogP contribution in [0.5, 0.6) is 0 Å². The highest BCUT2D eigenvalue weighted by Crippen LogP contribution is 2.51. The van der Waals surface area contributed by atoms with Gasteiger partial charge in [-0.05, 0) is 86.5 Å². The zero-order chi connectivity index (χ0) is 42.2. The van der Waals surface area contributed by atoms with Gasteiger partial charge in [-0.25, -0.2) is 19.6 Å². The third-order valence-electron chi connectivity index (χ3n) is 13.3. The number of imidazole rings is 2. The van der Waals surface area contributed by atoms with E-state index in [0.717, 1.165) is 83.8 Å². The Kier molecular flexibility index (Phi) is 11.7. The summed E-state index contributed by atoms with van der Waals surface area (Å²) < 4.78 is 20.6. The monoisotopic (exact) mass is 822 g/mol. The number of carbonyl (C=O) groups excluding carboxylic acids is 4. The second-order valence-electron chi connectivity index (χ2n) is 16.5. The Labute approximate surface area is 349 Å². The molecule has 4 N–H and O–H groups in total. The van der Waals surface area contributed by atoms with Gasteiger partial charge < -0.3 is 49.3 Å². The van der Waals surface area contributed by atoms with Crippen molar-refractivity contribution < 1.29 is 38.1 Å². The SMILES string of the molecule is COC(=O)NC(C(=O)N1C2CCC(C2)C1c1ncc(-c2ccc(-c3ccc(-c4cnc(C5C6CCC(C6)N5C(=O)C(NC(=O)OC)C(C)OC)[nH]4)cc3)cc2)[nH]1)C(C)OC. The molecular formula is C44H54N8O8. The summed E-state index contributed by atoms with van der Waals surface area (Å²) >= 11 is 0. The van der Waals surface area contributed by atoms with Gasteiger partial charge in [0.1, 0.15) is 23.7 Å². The van der Waals surface area contributed by atoms with Crippen molar-refractivity contribution in [3.05, 3.63) is 72.6 Å². The normalized spacial score (nSPS) is 24.8. The number of hydrogen-bond donors (Lipinski definition) is 4. The number of aromatic nitrogens is 4. The van der Waals surface area contributed by atoms with Gasteiger partial charge in [0.05, 0.1) is 62.3 Å². The first-order valence-electron chi connectivity index (χ1n) is 20.7. The number of likely N-dealkylation sites (tertiary alicyclic amines) is 2. The van der Waals surface area contributed by atoms with Crippen LogP contribution in [0.1, 0.15) is 76.1 Å². The summed E-state index contributed by atoms with van der Waals surface area (Å²) in [6.07, 6.45) is 6.78. The molecule has 8 rings (SSSR count). The van der Waals surface area contributed by atoms with Gasteiger partial charge >= 0.3 is 12.2 Å². The van der Waals surface area contributed by atoms with Crippen LogP contribution < -0.4 is 10.6 Å². The van der Waals surface area contributed by atoms with Gasteiger partial charge in [-0.1, -0.05) is 48.5 Å². The predicted octanol–water partition coefficient (Wildman–Crippen LogP) is 5.76. The van der Waals surface area contributed by atoms with Crippen LogP contribution >= 0.6 is 0 Å².